The van der Waals surface area contributed by atoms with E-state index in [4.69, 9.17) is 0 Å². The number of nitrogens with zero attached hydrogens (tertiary/aromatic N) is 1. The lowest BCUT2D eigenvalue weighted by atomic mass is 9.78. The normalized spacial score (nSPS) is 30.1. The van der Waals surface area contributed by atoms with Crippen LogP contribution in [0.3, 0.4) is 0 Å². The largest absolute Gasteiger partial charge is 0.381 e. The summed E-state index contributed by atoms with van der Waals surface area (Å²) >= 11 is 3.35. The van der Waals surface area contributed by atoms with Crippen molar-refractivity contribution in [2.24, 2.45) is 11.8 Å². The summed E-state index contributed by atoms with van der Waals surface area (Å²) in [4.78, 5) is 4.24. The molecule has 2 nitrogen and oxygen atoms in total. The molecule has 3 unspecified atom stereocenters. The molecule has 1 aromatic rings. The molecule has 1 heterocycles. The third-order valence-corrected chi connectivity index (χ3v) is 4.26. The Morgan fingerprint density at radius 1 is 1.31 bits per heavy atom. The van der Waals surface area contributed by atoms with Gasteiger partial charge in [-0.1, -0.05) is 26.7 Å². The van der Waals surface area contributed by atoms with Crippen LogP contribution in [-0.2, 0) is 0 Å². The molecule has 88 valence electrons. The summed E-state index contributed by atoms with van der Waals surface area (Å²) in [6.45, 7) is 4.71. The minimum absolute atomic E-state index is 0.603. The lowest BCUT2D eigenvalue weighted by Crippen LogP contribution is -2.34. The topological polar surface area (TPSA) is 24.9 Å². The summed E-state index contributed by atoms with van der Waals surface area (Å²) in [6, 6.07) is 4.68. The number of halogens is 1. The van der Waals surface area contributed by atoms with E-state index in [1.807, 2.05) is 12.3 Å². The van der Waals surface area contributed by atoms with Gasteiger partial charge in [0.1, 0.15) is 4.60 Å². The lowest BCUT2D eigenvalue weighted by Gasteiger charge is -2.35. The van der Waals surface area contributed by atoms with E-state index in [0.717, 1.165) is 22.1 Å². The van der Waals surface area contributed by atoms with Gasteiger partial charge in [-0.25, -0.2) is 4.98 Å². The van der Waals surface area contributed by atoms with Crippen molar-refractivity contribution in [1.82, 2.24) is 4.98 Å². The predicted octanol–water partition coefficient (Wildman–Crippen LogP) is 4.08. The molecule has 1 aliphatic rings. The minimum atomic E-state index is 0.603. The molecular weight excluding hydrogens is 264 g/mol. The van der Waals surface area contributed by atoms with Crippen molar-refractivity contribution in [1.29, 1.82) is 0 Å². The number of anilines is 1. The summed E-state index contributed by atoms with van der Waals surface area (Å²) in [5.74, 6) is 1.58. The van der Waals surface area contributed by atoms with Crippen LogP contribution in [0, 0.1) is 11.8 Å². The highest BCUT2D eigenvalue weighted by molar-refractivity contribution is 9.10. The maximum absolute atomic E-state index is 4.24. The molecule has 1 saturated carbocycles. The summed E-state index contributed by atoms with van der Waals surface area (Å²) in [5, 5.41) is 3.60. The SMILES string of the molecule is CC1CCCC(Nc2ccc(Br)nc2)C1C. The first-order valence-corrected chi connectivity index (χ1v) is 6.84. The standard InChI is InChI=1S/C13H19BrN2/c1-9-4-3-5-12(10(9)2)16-11-6-7-13(14)15-8-11/h6-10,12,16H,3-5H2,1-2H3. The number of nitrogens with one attached hydrogen (secondary N) is 1. The number of hydrogen-bond acceptors (Lipinski definition) is 2. The van der Waals surface area contributed by atoms with Gasteiger partial charge in [0.25, 0.3) is 0 Å². The molecule has 16 heavy (non-hydrogen) atoms. The fourth-order valence-electron chi connectivity index (χ4n) is 2.46. The van der Waals surface area contributed by atoms with Crippen molar-refractivity contribution in [3.63, 3.8) is 0 Å². The number of aromatic nitrogens is 1. The Kier molecular flexibility index (Phi) is 3.85. The maximum atomic E-state index is 4.24. The van der Waals surface area contributed by atoms with Crippen molar-refractivity contribution < 1.29 is 0 Å². The molecule has 0 bridgehead atoms. The van der Waals surface area contributed by atoms with Gasteiger partial charge in [0.15, 0.2) is 0 Å². The van der Waals surface area contributed by atoms with Crippen LogP contribution in [0.25, 0.3) is 0 Å². The Morgan fingerprint density at radius 2 is 2.12 bits per heavy atom. The van der Waals surface area contributed by atoms with E-state index in [1.165, 1.54) is 19.3 Å². The Morgan fingerprint density at radius 3 is 2.81 bits per heavy atom. The van der Waals surface area contributed by atoms with Crippen LogP contribution in [-0.4, -0.2) is 11.0 Å². The van der Waals surface area contributed by atoms with Crippen LogP contribution in [0.2, 0.25) is 0 Å². The highest BCUT2D eigenvalue weighted by Gasteiger charge is 2.26. The molecule has 1 aliphatic carbocycles. The first kappa shape index (κ1) is 11.9. The summed E-state index contributed by atoms with van der Waals surface area (Å²) in [5.41, 5.74) is 1.13. The first-order chi connectivity index (χ1) is 7.66. The van der Waals surface area contributed by atoms with Gasteiger partial charge in [-0.3, -0.25) is 0 Å². The van der Waals surface area contributed by atoms with Crippen molar-refractivity contribution in [3.05, 3.63) is 22.9 Å². The van der Waals surface area contributed by atoms with Crippen molar-refractivity contribution in [2.45, 2.75) is 39.2 Å². The van der Waals surface area contributed by atoms with E-state index in [1.54, 1.807) is 0 Å². The maximum Gasteiger partial charge on any atom is 0.106 e. The Hall–Kier alpha value is -0.570. The third-order valence-electron chi connectivity index (χ3n) is 3.79. The van der Waals surface area contributed by atoms with E-state index < -0.39 is 0 Å². The van der Waals surface area contributed by atoms with E-state index in [0.29, 0.717) is 6.04 Å². The monoisotopic (exact) mass is 282 g/mol. The van der Waals surface area contributed by atoms with Crippen molar-refractivity contribution in [2.75, 3.05) is 5.32 Å². The second-order valence-corrected chi connectivity index (χ2v) is 5.70. The Balaban J connectivity index is 2.00. The fraction of sp³-hybridized carbons (Fsp3) is 0.615. The summed E-state index contributed by atoms with van der Waals surface area (Å²) < 4.78 is 0.892. The summed E-state index contributed by atoms with van der Waals surface area (Å²) in [7, 11) is 0. The van der Waals surface area contributed by atoms with Gasteiger partial charge in [-0.05, 0) is 46.3 Å². The highest BCUT2D eigenvalue weighted by atomic mass is 79.9. The van der Waals surface area contributed by atoms with Gasteiger partial charge in [0, 0.05) is 6.04 Å². The Bertz CT molecular complexity index is 336. The van der Waals surface area contributed by atoms with Gasteiger partial charge in [0.2, 0.25) is 0 Å². The van der Waals surface area contributed by atoms with Crippen LogP contribution < -0.4 is 5.32 Å². The Labute approximate surface area is 106 Å². The molecule has 3 heteroatoms. The van der Waals surface area contributed by atoms with E-state index in [-0.39, 0.29) is 0 Å². The average Bonchev–Trinajstić information content (AvgIpc) is 2.28. The van der Waals surface area contributed by atoms with Crippen LogP contribution in [0.15, 0.2) is 22.9 Å². The highest BCUT2D eigenvalue weighted by Crippen LogP contribution is 2.31. The zero-order valence-electron chi connectivity index (χ0n) is 9.91. The molecule has 0 aromatic carbocycles. The first-order valence-electron chi connectivity index (χ1n) is 6.05. The number of rotatable bonds is 2. The van der Waals surface area contributed by atoms with Crippen LogP contribution in [0.5, 0.6) is 0 Å². The zero-order valence-corrected chi connectivity index (χ0v) is 11.5. The van der Waals surface area contributed by atoms with Crippen molar-refractivity contribution in [3.8, 4) is 0 Å². The molecule has 0 radical (unpaired) electrons. The molecule has 0 spiro atoms. The molecule has 0 saturated heterocycles. The summed E-state index contributed by atoms with van der Waals surface area (Å²) in [6.07, 6.45) is 5.89. The predicted molar refractivity (Wildman–Crippen MR) is 71.5 cm³/mol. The van der Waals surface area contributed by atoms with Gasteiger partial charge in [-0.15, -0.1) is 0 Å². The second kappa shape index (κ2) is 5.17. The van der Waals surface area contributed by atoms with Gasteiger partial charge in [-0.2, -0.15) is 0 Å². The zero-order chi connectivity index (χ0) is 11.5. The van der Waals surface area contributed by atoms with Crippen LogP contribution in [0.1, 0.15) is 33.1 Å². The molecular formula is C13H19BrN2. The van der Waals surface area contributed by atoms with Crippen molar-refractivity contribution >= 4 is 21.6 Å². The lowest BCUT2D eigenvalue weighted by molar-refractivity contribution is 0.253. The minimum Gasteiger partial charge on any atom is -0.381 e. The average molecular weight is 283 g/mol. The molecule has 1 fully saturated rings. The number of pyridine rings is 1. The molecule has 0 aliphatic heterocycles. The molecule has 2 rings (SSSR count). The number of hydrogen-bond donors (Lipinski definition) is 1. The third kappa shape index (κ3) is 2.76. The quantitative estimate of drug-likeness (QED) is 0.827. The van der Waals surface area contributed by atoms with Gasteiger partial charge in [0.05, 0.1) is 11.9 Å². The second-order valence-electron chi connectivity index (χ2n) is 4.89. The van der Waals surface area contributed by atoms with E-state index >= 15 is 0 Å². The van der Waals surface area contributed by atoms with Crippen LogP contribution >= 0.6 is 15.9 Å². The molecule has 1 aromatic heterocycles. The van der Waals surface area contributed by atoms with Crippen LogP contribution in [0.4, 0.5) is 5.69 Å². The molecule has 3 atom stereocenters. The smallest absolute Gasteiger partial charge is 0.106 e. The fourth-order valence-corrected chi connectivity index (χ4v) is 2.70. The molecule has 0 amide bonds. The van der Waals surface area contributed by atoms with E-state index in [9.17, 15) is 0 Å². The van der Waals surface area contributed by atoms with Gasteiger partial charge < -0.3 is 5.32 Å². The van der Waals surface area contributed by atoms with Gasteiger partial charge >= 0.3 is 0 Å². The van der Waals surface area contributed by atoms with E-state index in [2.05, 4.69) is 46.1 Å². The molecule has 1 N–H and O–H groups in total.